The Labute approximate surface area is 365 Å². The van der Waals surface area contributed by atoms with Gasteiger partial charge in [0, 0.05) is 60.1 Å². The van der Waals surface area contributed by atoms with Crippen LogP contribution >= 0.6 is 12.2 Å². The molecule has 3 aromatic rings. The Morgan fingerprint density at radius 1 is 1.13 bits per heavy atom. The monoisotopic (exact) mass is 909 g/mol. The number of fused-ring (bicyclic) bond motifs is 2. The quantitative estimate of drug-likeness (QED) is 0.0624. The molecule has 0 bridgehead atoms. The molecule has 0 unspecified atom stereocenters. The lowest BCUT2D eigenvalue weighted by atomic mass is 9.78. The third kappa shape index (κ3) is 8.89. The van der Waals surface area contributed by atoms with Gasteiger partial charge in [-0.2, -0.15) is 26.4 Å². The number of nitrogens with two attached hydrogens (primary N) is 1. The van der Waals surface area contributed by atoms with Crippen molar-refractivity contribution in [3.8, 4) is 11.8 Å². The van der Waals surface area contributed by atoms with Crippen LogP contribution < -0.4 is 21.6 Å². The summed E-state index contributed by atoms with van der Waals surface area (Å²) in [6.45, 7) is 9.99. The summed E-state index contributed by atoms with van der Waals surface area (Å²) in [4.78, 5) is 31.4. The van der Waals surface area contributed by atoms with E-state index in [9.17, 15) is 45.7 Å². The standard InChI is InChI=1S/C42H48N6O11S3/c1-6-46-29-14-13-26(61(53,54)55)20-28(29)41(2,3)34(46)11-7-12-35-42(4,5)38-27(33(62(56,57)58)16-15-30(38)47(35)18-9-19-60)21-36(51)44-17-8-10-25-23-48(40(52)45-39(25)43)37-22-31(50)32(24-49)59-37/h7,11-16,19-20,23,31-32,37,49-50H,6,9,17-18,21-22,24H2,1-5H3,(H4-,43,44,45,51,52,53,54,55,56,57,58)/p+1/t31-,32+,37+/m0/s1. The third-order valence-corrected chi connectivity index (χ3v) is 13.5. The molecule has 330 valence electrons. The molecule has 1 aromatic heterocycles. The Balaban J connectivity index is 1.29. The Bertz CT molecular complexity index is 2780. The molecule has 2 aromatic carbocycles. The van der Waals surface area contributed by atoms with Crippen molar-refractivity contribution in [3.05, 3.63) is 93.2 Å². The summed E-state index contributed by atoms with van der Waals surface area (Å²) in [5, 5.41) is 23.8. The van der Waals surface area contributed by atoms with Gasteiger partial charge in [-0.05, 0) is 67.6 Å². The minimum Gasteiger partial charge on any atom is -0.394 e. The summed E-state index contributed by atoms with van der Waals surface area (Å²) in [5.74, 6) is 4.73. The first-order valence-corrected chi connectivity index (χ1v) is 23.0. The van der Waals surface area contributed by atoms with Gasteiger partial charge in [-0.25, -0.2) is 4.79 Å². The Morgan fingerprint density at radius 2 is 1.85 bits per heavy atom. The second kappa shape index (κ2) is 17.6. The number of allylic oxidation sites excluding steroid dienone is 4. The molecule has 7 N–H and O–H groups in total. The molecule has 4 heterocycles. The molecular weight excluding hydrogens is 861 g/mol. The van der Waals surface area contributed by atoms with Crippen molar-refractivity contribution in [1.82, 2.24) is 14.9 Å². The maximum absolute atomic E-state index is 13.6. The van der Waals surface area contributed by atoms with Crippen LogP contribution in [0.5, 0.6) is 0 Å². The van der Waals surface area contributed by atoms with E-state index >= 15 is 0 Å². The zero-order chi connectivity index (χ0) is 45.5. The summed E-state index contributed by atoms with van der Waals surface area (Å²) < 4.78 is 78.5. The molecule has 0 radical (unpaired) electrons. The van der Waals surface area contributed by atoms with Crippen molar-refractivity contribution in [2.75, 3.05) is 36.9 Å². The molecule has 1 amide bonds. The number of nitrogens with zero attached hydrogens (tertiary/aromatic N) is 4. The number of hydrogen-bond acceptors (Lipinski definition) is 13. The number of aromatic nitrogens is 2. The number of amides is 1. The molecule has 0 spiro atoms. The van der Waals surface area contributed by atoms with Crippen LogP contribution in [0.1, 0.15) is 75.9 Å². The van der Waals surface area contributed by atoms with E-state index in [-0.39, 0.29) is 34.8 Å². The van der Waals surface area contributed by atoms with Crippen LogP contribution in [0.2, 0.25) is 0 Å². The summed E-state index contributed by atoms with van der Waals surface area (Å²) >= 11 is 5.18. The zero-order valence-corrected chi connectivity index (χ0v) is 37.1. The Hall–Kier alpha value is -5.11. The number of nitrogens with one attached hydrogen (secondary N) is 1. The lowest BCUT2D eigenvalue weighted by molar-refractivity contribution is -0.435. The van der Waals surface area contributed by atoms with Gasteiger partial charge in [-0.15, -0.1) is 0 Å². The van der Waals surface area contributed by atoms with Gasteiger partial charge in [0.05, 0.1) is 46.4 Å². The predicted molar refractivity (Wildman–Crippen MR) is 235 cm³/mol. The number of aliphatic hydroxyl groups is 2. The number of thiocarbonyl (C=S) groups is 1. The van der Waals surface area contributed by atoms with E-state index < -0.39 is 79.0 Å². The minimum absolute atomic E-state index is 0.0266. The molecule has 0 aliphatic carbocycles. The van der Waals surface area contributed by atoms with Gasteiger partial charge in [-0.1, -0.05) is 44.0 Å². The minimum atomic E-state index is -4.81. The van der Waals surface area contributed by atoms with E-state index in [2.05, 4.69) is 27.0 Å². The molecule has 17 nitrogen and oxygen atoms in total. The number of aliphatic hydroxyl groups excluding tert-OH is 2. The van der Waals surface area contributed by atoms with Crippen LogP contribution in [0, 0.1) is 11.8 Å². The highest BCUT2D eigenvalue weighted by atomic mass is 32.2. The summed E-state index contributed by atoms with van der Waals surface area (Å²) in [7, 11) is -9.25. The molecule has 1 saturated heterocycles. The predicted octanol–water partition coefficient (Wildman–Crippen LogP) is 2.69. The lowest BCUT2D eigenvalue weighted by Crippen LogP contribution is -2.31. The smallest absolute Gasteiger partial charge is 0.351 e. The van der Waals surface area contributed by atoms with Crippen LogP contribution in [0.25, 0.3) is 0 Å². The van der Waals surface area contributed by atoms with Crippen LogP contribution in [-0.4, -0.2) is 106 Å². The van der Waals surface area contributed by atoms with E-state index in [1.54, 1.807) is 17.5 Å². The lowest BCUT2D eigenvalue weighted by Gasteiger charge is -2.26. The normalized spacial score (nSPS) is 21.0. The highest BCUT2D eigenvalue weighted by Crippen LogP contribution is 2.49. The Kier molecular flexibility index (Phi) is 13.1. The van der Waals surface area contributed by atoms with Gasteiger partial charge in [-0.3, -0.25) is 18.5 Å². The molecule has 6 rings (SSSR count). The molecule has 3 aliphatic rings. The van der Waals surface area contributed by atoms with Crippen molar-refractivity contribution in [3.63, 3.8) is 0 Å². The molecule has 0 saturated carbocycles. The van der Waals surface area contributed by atoms with Crippen LogP contribution in [0.4, 0.5) is 17.2 Å². The number of benzene rings is 2. The van der Waals surface area contributed by atoms with Gasteiger partial charge >= 0.3 is 5.69 Å². The van der Waals surface area contributed by atoms with E-state index in [0.717, 1.165) is 27.2 Å². The average molecular weight is 910 g/mol. The van der Waals surface area contributed by atoms with Gasteiger partial charge in [0.15, 0.2) is 12.3 Å². The van der Waals surface area contributed by atoms with Crippen LogP contribution in [0.15, 0.2) is 75.0 Å². The number of likely N-dealkylation sites (N-methyl/N-ethyl adjacent to an activating group) is 1. The second-order valence-electron chi connectivity index (χ2n) is 16.1. The molecule has 20 heteroatoms. The van der Waals surface area contributed by atoms with E-state index in [0.29, 0.717) is 30.8 Å². The first-order valence-electron chi connectivity index (χ1n) is 19.7. The first kappa shape index (κ1) is 46.4. The number of carbonyl (C=O) groups excluding carboxylic acids is 1. The number of carbonyl (C=O) groups is 1. The van der Waals surface area contributed by atoms with Crippen LogP contribution in [-0.2, 0) is 47.0 Å². The van der Waals surface area contributed by atoms with Gasteiger partial charge < -0.3 is 30.9 Å². The molecular formula is C42H49N6O11S3+. The maximum atomic E-state index is 13.6. The zero-order valence-electron chi connectivity index (χ0n) is 34.7. The van der Waals surface area contributed by atoms with Crippen molar-refractivity contribution in [2.24, 2.45) is 0 Å². The number of rotatable bonds is 13. The molecule has 1 fully saturated rings. The summed E-state index contributed by atoms with van der Waals surface area (Å²) in [6, 6.07) is 7.39. The van der Waals surface area contributed by atoms with E-state index in [1.165, 1.54) is 24.4 Å². The molecule has 3 atom stereocenters. The number of hydrogen-bond donors (Lipinski definition) is 6. The van der Waals surface area contributed by atoms with Crippen molar-refractivity contribution < 1.29 is 50.3 Å². The van der Waals surface area contributed by atoms with Gasteiger partial charge in [0.25, 0.3) is 20.2 Å². The van der Waals surface area contributed by atoms with Gasteiger partial charge in [0.2, 0.25) is 11.6 Å². The van der Waals surface area contributed by atoms with E-state index in [4.69, 9.17) is 22.7 Å². The van der Waals surface area contributed by atoms with Gasteiger partial charge in [0.1, 0.15) is 18.1 Å². The van der Waals surface area contributed by atoms with Crippen LogP contribution in [0.3, 0.4) is 0 Å². The molecule has 62 heavy (non-hydrogen) atoms. The highest BCUT2D eigenvalue weighted by molar-refractivity contribution is 7.86. The SMILES string of the molecule is CCN1C(=CC=CC2=[N+](CCC=S)c3ccc(S(=O)(=O)O)c(CC(=O)NCC#Cc4cn([C@H]5C[C@H](O)[C@@H](CO)O5)c(=O)nc4N)c3C2(C)C)C(C)(C)c2cc(S(=O)(=O)O)ccc21. The second-order valence-corrected chi connectivity index (χ2v) is 19.2. The summed E-state index contributed by atoms with van der Waals surface area (Å²) in [6.07, 6.45) is 4.27. The fourth-order valence-corrected chi connectivity index (χ4v) is 9.84. The van der Waals surface area contributed by atoms with E-state index in [1.807, 2.05) is 57.4 Å². The fraction of sp³-hybridized carbons (Fsp3) is 0.405. The van der Waals surface area contributed by atoms with Crippen molar-refractivity contribution in [1.29, 1.82) is 0 Å². The average Bonchev–Trinajstić information content (AvgIpc) is 3.75. The maximum Gasteiger partial charge on any atom is 0.351 e. The highest BCUT2D eigenvalue weighted by Gasteiger charge is 2.48. The first-order chi connectivity index (χ1) is 29.1. The fourth-order valence-electron chi connectivity index (χ4n) is 8.50. The van der Waals surface area contributed by atoms with Crippen molar-refractivity contribution in [2.45, 2.75) is 92.9 Å². The van der Waals surface area contributed by atoms with Crippen molar-refractivity contribution >= 4 is 66.6 Å². The number of ether oxygens (including phenoxy) is 1. The number of anilines is 2. The topological polar surface area (TPSA) is 255 Å². The summed E-state index contributed by atoms with van der Waals surface area (Å²) in [5.41, 5.74) is 8.14. The third-order valence-electron chi connectivity index (χ3n) is 11.4. The number of nitrogen functional groups attached to an aromatic ring is 1. The Morgan fingerprint density at radius 3 is 2.48 bits per heavy atom. The largest absolute Gasteiger partial charge is 0.394 e. The molecule has 3 aliphatic heterocycles.